The first-order valence-corrected chi connectivity index (χ1v) is 9.46. The molecular formula is C17H16BrF4N3S. The molecule has 2 N–H and O–H groups in total. The monoisotopic (exact) mass is 449 g/mol. The number of nitrogens with zero attached hydrogens (tertiary/aromatic N) is 1. The van der Waals surface area contributed by atoms with Gasteiger partial charge in [0, 0.05) is 46.7 Å². The third-order valence-electron chi connectivity index (χ3n) is 5.29. The lowest BCUT2D eigenvalue weighted by atomic mass is 9.93. The normalized spacial score (nSPS) is 23.8. The summed E-state index contributed by atoms with van der Waals surface area (Å²) in [5.74, 6) is -0.0818. The van der Waals surface area contributed by atoms with Crippen molar-refractivity contribution in [1.29, 1.82) is 0 Å². The minimum atomic E-state index is -4.22. The average Bonchev–Trinajstić information content (AvgIpc) is 3.04. The van der Waals surface area contributed by atoms with Crippen LogP contribution in [0.4, 0.5) is 17.6 Å². The third kappa shape index (κ3) is 3.03. The quantitative estimate of drug-likeness (QED) is 0.397. The molecule has 1 aliphatic carbocycles. The van der Waals surface area contributed by atoms with E-state index in [2.05, 4.69) is 26.2 Å². The van der Waals surface area contributed by atoms with Crippen molar-refractivity contribution in [3.8, 4) is 0 Å². The summed E-state index contributed by atoms with van der Waals surface area (Å²) in [4.78, 5) is 3.12. The molecule has 2 aliphatic rings. The summed E-state index contributed by atoms with van der Waals surface area (Å²) in [6.07, 6.45) is -2.97. The summed E-state index contributed by atoms with van der Waals surface area (Å²) in [5.41, 5.74) is 2.25. The largest absolute Gasteiger partial charge is 0.401 e. The van der Waals surface area contributed by atoms with Gasteiger partial charge in [-0.3, -0.25) is 0 Å². The zero-order chi connectivity index (χ0) is 18.7. The predicted octanol–water partition coefficient (Wildman–Crippen LogP) is 4.58. The summed E-state index contributed by atoms with van der Waals surface area (Å²) >= 11 is 8.77. The molecule has 1 aromatic heterocycles. The number of rotatable bonds is 5. The van der Waals surface area contributed by atoms with Crippen LogP contribution in [0.5, 0.6) is 0 Å². The summed E-state index contributed by atoms with van der Waals surface area (Å²) in [7, 11) is 0. The Balaban J connectivity index is 1.55. The molecule has 1 aromatic carbocycles. The van der Waals surface area contributed by atoms with E-state index >= 15 is 0 Å². The molecular weight excluding hydrogens is 434 g/mol. The fraction of sp³-hybridized carbons (Fsp3) is 0.471. The van der Waals surface area contributed by atoms with E-state index in [-0.39, 0.29) is 23.7 Å². The number of imidazole rings is 1. The van der Waals surface area contributed by atoms with Gasteiger partial charge < -0.3 is 14.9 Å². The number of nitrogens with one attached hydrogen (secondary N) is 2. The Morgan fingerprint density at radius 3 is 2.88 bits per heavy atom. The van der Waals surface area contributed by atoms with Crippen LogP contribution in [0.25, 0.3) is 0 Å². The topological polar surface area (TPSA) is 32.8 Å². The molecule has 26 heavy (non-hydrogen) atoms. The fourth-order valence-corrected chi connectivity index (χ4v) is 4.75. The zero-order valence-corrected chi connectivity index (χ0v) is 16.0. The van der Waals surface area contributed by atoms with Crippen LogP contribution in [0.2, 0.25) is 0 Å². The maximum Gasteiger partial charge on any atom is 0.401 e. The zero-order valence-electron chi connectivity index (χ0n) is 13.6. The molecule has 140 valence electrons. The number of H-pyrrole nitrogens is 1. The van der Waals surface area contributed by atoms with Crippen molar-refractivity contribution in [2.45, 2.75) is 36.9 Å². The van der Waals surface area contributed by atoms with Crippen molar-refractivity contribution in [2.24, 2.45) is 0 Å². The number of benzene rings is 1. The number of halogens is 5. The SMILES string of the molecule is Fc1ccc(Br)cc1[C@]12CC1c1c(CCNCC(F)(F)F)[nH]c(=S)n1C2. The van der Waals surface area contributed by atoms with Crippen LogP contribution in [0.15, 0.2) is 22.7 Å². The number of hydrogen-bond donors (Lipinski definition) is 2. The van der Waals surface area contributed by atoms with Crippen molar-refractivity contribution < 1.29 is 17.6 Å². The summed E-state index contributed by atoms with van der Waals surface area (Å²) in [6, 6.07) is 4.95. The van der Waals surface area contributed by atoms with E-state index < -0.39 is 12.7 Å². The molecule has 2 atom stereocenters. The highest BCUT2D eigenvalue weighted by Crippen LogP contribution is 2.66. The predicted molar refractivity (Wildman–Crippen MR) is 95.4 cm³/mol. The first kappa shape index (κ1) is 18.2. The van der Waals surface area contributed by atoms with Crippen LogP contribution >= 0.6 is 28.1 Å². The van der Waals surface area contributed by atoms with E-state index in [1.807, 2.05) is 10.6 Å². The summed E-state index contributed by atoms with van der Waals surface area (Å²) < 4.78 is 54.5. The first-order chi connectivity index (χ1) is 12.2. The number of hydrogen-bond acceptors (Lipinski definition) is 2. The molecule has 1 unspecified atom stereocenters. The second-order valence-electron chi connectivity index (χ2n) is 6.96. The van der Waals surface area contributed by atoms with E-state index in [1.54, 1.807) is 6.07 Å². The van der Waals surface area contributed by atoms with Crippen LogP contribution in [0.1, 0.15) is 29.3 Å². The van der Waals surface area contributed by atoms with Crippen molar-refractivity contribution in [1.82, 2.24) is 14.9 Å². The molecule has 0 amide bonds. The third-order valence-corrected chi connectivity index (χ3v) is 6.11. The van der Waals surface area contributed by atoms with Crippen molar-refractivity contribution in [2.75, 3.05) is 13.1 Å². The second kappa shape index (κ2) is 6.17. The molecule has 4 rings (SSSR count). The van der Waals surface area contributed by atoms with Gasteiger partial charge in [-0.05, 0) is 42.4 Å². The van der Waals surface area contributed by atoms with Crippen LogP contribution in [-0.4, -0.2) is 28.8 Å². The molecule has 0 saturated heterocycles. The Kier molecular flexibility index (Phi) is 4.32. The fourth-order valence-electron chi connectivity index (χ4n) is 4.10. The smallest absolute Gasteiger partial charge is 0.334 e. The van der Waals surface area contributed by atoms with Crippen molar-refractivity contribution in [3.63, 3.8) is 0 Å². The number of aromatic amines is 1. The number of alkyl halides is 3. The lowest BCUT2D eigenvalue weighted by Gasteiger charge is -2.14. The Morgan fingerprint density at radius 1 is 1.38 bits per heavy atom. The van der Waals surface area contributed by atoms with E-state index in [0.29, 0.717) is 23.3 Å². The van der Waals surface area contributed by atoms with Gasteiger partial charge in [-0.15, -0.1) is 0 Å². The number of aromatic nitrogens is 2. The molecule has 3 nitrogen and oxygen atoms in total. The Hall–Kier alpha value is -1.19. The minimum absolute atomic E-state index is 0.150. The molecule has 2 aromatic rings. The van der Waals surface area contributed by atoms with Crippen LogP contribution < -0.4 is 5.32 Å². The van der Waals surface area contributed by atoms with Gasteiger partial charge in [-0.25, -0.2) is 4.39 Å². The van der Waals surface area contributed by atoms with Crippen LogP contribution in [0, 0.1) is 10.6 Å². The summed E-state index contributed by atoms with van der Waals surface area (Å²) in [6.45, 7) is -0.209. The highest BCUT2D eigenvalue weighted by Gasteiger charge is 2.63. The molecule has 0 spiro atoms. The second-order valence-corrected chi connectivity index (χ2v) is 8.26. The summed E-state index contributed by atoms with van der Waals surface area (Å²) in [5, 5.41) is 2.41. The van der Waals surface area contributed by atoms with Crippen molar-refractivity contribution >= 4 is 28.1 Å². The molecule has 9 heteroatoms. The molecule has 1 fully saturated rings. The lowest BCUT2D eigenvalue weighted by Crippen LogP contribution is -2.30. The lowest BCUT2D eigenvalue weighted by molar-refractivity contribution is -0.124. The van der Waals surface area contributed by atoms with Gasteiger partial charge in [-0.2, -0.15) is 13.2 Å². The molecule has 1 saturated carbocycles. The van der Waals surface area contributed by atoms with Crippen molar-refractivity contribution in [3.05, 3.63) is 50.2 Å². The molecule has 2 heterocycles. The van der Waals surface area contributed by atoms with Gasteiger partial charge in [0.05, 0.1) is 6.54 Å². The number of fused-ring (bicyclic) bond motifs is 3. The minimum Gasteiger partial charge on any atom is -0.334 e. The van der Waals surface area contributed by atoms with E-state index in [4.69, 9.17) is 12.2 Å². The Labute approximate surface area is 160 Å². The highest BCUT2D eigenvalue weighted by atomic mass is 79.9. The van der Waals surface area contributed by atoms with E-state index in [1.165, 1.54) is 6.07 Å². The maximum absolute atomic E-state index is 14.4. The molecule has 0 bridgehead atoms. The highest BCUT2D eigenvalue weighted by molar-refractivity contribution is 9.10. The van der Waals surface area contributed by atoms with Gasteiger partial charge in [-0.1, -0.05) is 15.9 Å². The van der Waals surface area contributed by atoms with E-state index in [0.717, 1.165) is 22.3 Å². The molecule has 1 aliphatic heterocycles. The Bertz CT molecular complexity index is 920. The van der Waals surface area contributed by atoms with Gasteiger partial charge in [0.1, 0.15) is 5.82 Å². The van der Waals surface area contributed by atoms with Crippen LogP contribution in [-0.2, 0) is 18.4 Å². The van der Waals surface area contributed by atoms with Gasteiger partial charge in [0.2, 0.25) is 0 Å². The molecule has 0 radical (unpaired) electrons. The maximum atomic E-state index is 14.4. The van der Waals surface area contributed by atoms with Crippen LogP contribution in [0.3, 0.4) is 0 Å². The van der Waals surface area contributed by atoms with Gasteiger partial charge >= 0.3 is 6.18 Å². The van der Waals surface area contributed by atoms with E-state index in [9.17, 15) is 17.6 Å². The first-order valence-electron chi connectivity index (χ1n) is 8.26. The average molecular weight is 450 g/mol. The Morgan fingerprint density at radius 2 is 2.15 bits per heavy atom. The van der Waals surface area contributed by atoms with Gasteiger partial charge in [0.25, 0.3) is 0 Å². The van der Waals surface area contributed by atoms with Gasteiger partial charge in [0.15, 0.2) is 4.77 Å². The standard InChI is InChI=1S/C17H16BrF4N3S/c18-9-1-2-12(19)10(5-9)16-6-11(16)14-13(24-15(26)25(14)8-16)3-4-23-7-17(20,21)22/h1-2,5,11,23H,3-4,6-8H2,(H,24,26)/t11?,16-/m1/s1.